The van der Waals surface area contributed by atoms with Crippen LogP contribution in [0.25, 0.3) is 0 Å². The molecule has 3 amide bonds. The quantitative estimate of drug-likeness (QED) is 0.731. The van der Waals surface area contributed by atoms with E-state index >= 15 is 0 Å². The Morgan fingerprint density at radius 3 is 2.52 bits per heavy atom. The second kappa shape index (κ2) is 9.07. The highest BCUT2D eigenvalue weighted by Crippen LogP contribution is 2.31. The van der Waals surface area contributed by atoms with Gasteiger partial charge in [0.1, 0.15) is 5.75 Å². The molecular weight excluding hydrogens is 415 g/mol. The van der Waals surface area contributed by atoms with Gasteiger partial charge in [0.25, 0.3) is 5.91 Å². The van der Waals surface area contributed by atoms with Crippen molar-refractivity contribution >= 4 is 29.1 Å². The van der Waals surface area contributed by atoms with E-state index in [1.807, 2.05) is 0 Å². The molecule has 7 nitrogen and oxygen atoms in total. The van der Waals surface area contributed by atoms with Crippen molar-refractivity contribution in [2.24, 2.45) is 5.92 Å². The van der Waals surface area contributed by atoms with Gasteiger partial charge >= 0.3 is 6.18 Å². The van der Waals surface area contributed by atoms with Crippen molar-refractivity contribution in [3.05, 3.63) is 54.1 Å². The van der Waals surface area contributed by atoms with E-state index in [1.54, 1.807) is 24.3 Å². The predicted molar refractivity (Wildman–Crippen MR) is 107 cm³/mol. The number of carbonyl (C=O) groups excluding carboxylic acids is 3. The lowest BCUT2D eigenvalue weighted by Gasteiger charge is -2.17. The summed E-state index contributed by atoms with van der Waals surface area (Å²) < 4.78 is 43.6. The molecule has 164 valence electrons. The summed E-state index contributed by atoms with van der Waals surface area (Å²) in [6.45, 7) is -0.130. The molecule has 0 spiro atoms. The van der Waals surface area contributed by atoms with Gasteiger partial charge in [0.15, 0.2) is 6.61 Å². The molecule has 2 aromatic carbocycles. The lowest BCUT2D eigenvalue weighted by atomic mass is 10.1. The molecule has 1 fully saturated rings. The Morgan fingerprint density at radius 2 is 1.87 bits per heavy atom. The standard InChI is InChI=1S/C21H20F3N3O4/c1-25-20(30)13-9-19(29)27(11-13)16-5-7-17(8-6-16)31-12-18(28)26-15-4-2-3-14(10-15)21(22,23)24/h2-8,10,13H,9,11-12H2,1H3,(H,25,30)(H,26,28)/t13-/m0/s1. The van der Waals surface area contributed by atoms with E-state index in [1.165, 1.54) is 24.1 Å². The predicted octanol–water partition coefficient (Wildman–Crippen LogP) is 2.82. The summed E-state index contributed by atoms with van der Waals surface area (Å²) in [6.07, 6.45) is -4.37. The van der Waals surface area contributed by atoms with Crippen LogP contribution in [-0.4, -0.2) is 37.9 Å². The Morgan fingerprint density at radius 1 is 1.16 bits per heavy atom. The molecule has 0 radical (unpaired) electrons. The molecule has 2 aromatic rings. The average Bonchev–Trinajstić information content (AvgIpc) is 3.13. The monoisotopic (exact) mass is 435 g/mol. The van der Waals surface area contributed by atoms with Crippen LogP contribution in [0.1, 0.15) is 12.0 Å². The topological polar surface area (TPSA) is 87.7 Å². The van der Waals surface area contributed by atoms with E-state index in [0.717, 1.165) is 12.1 Å². The summed E-state index contributed by atoms with van der Waals surface area (Å²) >= 11 is 0. The third-order valence-corrected chi connectivity index (χ3v) is 4.73. The van der Waals surface area contributed by atoms with Crippen LogP contribution in [0.15, 0.2) is 48.5 Å². The zero-order valence-electron chi connectivity index (χ0n) is 16.5. The van der Waals surface area contributed by atoms with Crippen molar-refractivity contribution in [2.75, 3.05) is 30.4 Å². The van der Waals surface area contributed by atoms with E-state index < -0.39 is 30.2 Å². The lowest BCUT2D eigenvalue weighted by Crippen LogP contribution is -2.30. The molecule has 1 aliphatic rings. The van der Waals surface area contributed by atoms with Gasteiger partial charge in [-0.15, -0.1) is 0 Å². The third kappa shape index (κ3) is 5.53. The smallest absolute Gasteiger partial charge is 0.416 e. The maximum atomic E-state index is 12.7. The Balaban J connectivity index is 1.54. The number of alkyl halides is 3. The minimum Gasteiger partial charge on any atom is -0.484 e. The van der Waals surface area contributed by atoms with Gasteiger partial charge in [0.2, 0.25) is 11.8 Å². The van der Waals surface area contributed by atoms with Gasteiger partial charge in [-0.3, -0.25) is 14.4 Å². The van der Waals surface area contributed by atoms with Gasteiger partial charge in [0, 0.05) is 31.4 Å². The van der Waals surface area contributed by atoms with Crippen molar-refractivity contribution in [1.29, 1.82) is 0 Å². The highest BCUT2D eigenvalue weighted by molar-refractivity contribution is 6.00. The molecule has 1 saturated heterocycles. The highest BCUT2D eigenvalue weighted by Gasteiger charge is 2.34. The van der Waals surface area contributed by atoms with Crippen LogP contribution in [0, 0.1) is 5.92 Å². The minimum atomic E-state index is -4.50. The molecule has 0 bridgehead atoms. The second-order valence-electron chi connectivity index (χ2n) is 6.93. The van der Waals surface area contributed by atoms with Crippen LogP contribution in [-0.2, 0) is 20.6 Å². The molecule has 0 saturated carbocycles. The second-order valence-corrected chi connectivity index (χ2v) is 6.93. The molecular formula is C21H20F3N3O4. The van der Waals surface area contributed by atoms with Gasteiger partial charge in [0.05, 0.1) is 11.5 Å². The minimum absolute atomic E-state index is 0.0111. The van der Waals surface area contributed by atoms with Crippen LogP contribution < -0.4 is 20.3 Å². The van der Waals surface area contributed by atoms with E-state index in [9.17, 15) is 27.6 Å². The molecule has 10 heteroatoms. The molecule has 0 unspecified atom stereocenters. The van der Waals surface area contributed by atoms with Crippen LogP contribution in [0.3, 0.4) is 0 Å². The number of hydrogen-bond donors (Lipinski definition) is 2. The zero-order valence-corrected chi connectivity index (χ0v) is 16.5. The fraction of sp³-hybridized carbons (Fsp3) is 0.286. The molecule has 2 N–H and O–H groups in total. The summed E-state index contributed by atoms with van der Waals surface area (Å²) in [5.74, 6) is -1.04. The number of nitrogens with one attached hydrogen (secondary N) is 2. The number of rotatable bonds is 6. The van der Waals surface area contributed by atoms with E-state index in [-0.39, 0.29) is 30.5 Å². The molecule has 3 rings (SSSR count). The number of hydrogen-bond acceptors (Lipinski definition) is 4. The van der Waals surface area contributed by atoms with Crippen molar-refractivity contribution in [1.82, 2.24) is 5.32 Å². The molecule has 0 aromatic heterocycles. The normalized spacial score (nSPS) is 16.2. The number of benzene rings is 2. The van der Waals surface area contributed by atoms with E-state index in [2.05, 4.69) is 10.6 Å². The highest BCUT2D eigenvalue weighted by atomic mass is 19.4. The Bertz CT molecular complexity index is 977. The Labute approximate surface area is 176 Å². The maximum absolute atomic E-state index is 12.7. The summed E-state index contributed by atoms with van der Waals surface area (Å²) in [6, 6.07) is 10.7. The van der Waals surface area contributed by atoms with E-state index in [0.29, 0.717) is 11.4 Å². The molecule has 1 aliphatic heterocycles. The van der Waals surface area contributed by atoms with Crippen LogP contribution in [0.4, 0.5) is 24.5 Å². The Kier molecular flexibility index (Phi) is 6.47. The summed E-state index contributed by atoms with van der Waals surface area (Å²) in [7, 11) is 1.52. The summed E-state index contributed by atoms with van der Waals surface area (Å²) in [5, 5.41) is 4.89. The van der Waals surface area contributed by atoms with Gasteiger partial charge in [-0.25, -0.2) is 0 Å². The maximum Gasteiger partial charge on any atom is 0.416 e. The number of halogens is 3. The summed E-state index contributed by atoms with van der Waals surface area (Å²) in [5.41, 5.74) is -0.258. The number of anilines is 2. The van der Waals surface area contributed by atoms with Gasteiger partial charge in [-0.05, 0) is 42.5 Å². The lowest BCUT2D eigenvalue weighted by molar-refractivity contribution is -0.137. The molecule has 1 heterocycles. The number of nitrogens with zero attached hydrogens (tertiary/aromatic N) is 1. The molecule has 0 aliphatic carbocycles. The van der Waals surface area contributed by atoms with Crippen LogP contribution in [0.2, 0.25) is 0 Å². The number of carbonyl (C=O) groups is 3. The average molecular weight is 435 g/mol. The van der Waals surface area contributed by atoms with Crippen LogP contribution >= 0.6 is 0 Å². The fourth-order valence-corrected chi connectivity index (χ4v) is 3.18. The van der Waals surface area contributed by atoms with Gasteiger partial charge in [-0.1, -0.05) is 6.07 Å². The van der Waals surface area contributed by atoms with Crippen molar-refractivity contribution in [3.8, 4) is 5.75 Å². The van der Waals surface area contributed by atoms with Crippen molar-refractivity contribution in [2.45, 2.75) is 12.6 Å². The number of amides is 3. The first-order valence-corrected chi connectivity index (χ1v) is 9.39. The van der Waals surface area contributed by atoms with Crippen molar-refractivity contribution in [3.63, 3.8) is 0 Å². The molecule has 1 atom stereocenters. The number of ether oxygens (including phenoxy) is 1. The summed E-state index contributed by atoms with van der Waals surface area (Å²) in [4.78, 5) is 37.4. The first-order valence-electron chi connectivity index (χ1n) is 9.39. The largest absolute Gasteiger partial charge is 0.484 e. The van der Waals surface area contributed by atoms with Gasteiger partial charge < -0.3 is 20.3 Å². The van der Waals surface area contributed by atoms with Gasteiger partial charge in [-0.2, -0.15) is 13.2 Å². The molecule has 31 heavy (non-hydrogen) atoms. The van der Waals surface area contributed by atoms with Crippen molar-refractivity contribution < 1.29 is 32.3 Å². The first kappa shape index (κ1) is 22.1. The first-order chi connectivity index (χ1) is 14.7. The Hall–Kier alpha value is -3.56. The third-order valence-electron chi connectivity index (χ3n) is 4.73. The SMILES string of the molecule is CNC(=O)[C@H]1CC(=O)N(c2ccc(OCC(=O)Nc3cccc(C(F)(F)F)c3)cc2)C1. The zero-order chi connectivity index (χ0) is 22.6. The fourth-order valence-electron chi connectivity index (χ4n) is 3.18. The van der Waals surface area contributed by atoms with Crippen LogP contribution in [0.5, 0.6) is 5.75 Å². The van der Waals surface area contributed by atoms with E-state index in [4.69, 9.17) is 4.74 Å².